The molecule has 6 nitrogen and oxygen atoms in total. The molecule has 1 atom stereocenters. The number of carbonyl (C=O) groups excluding carboxylic acids is 1. The number of methoxy groups -OCH3 is 1. The van der Waals surface area contributed by atoms with Crippen molar-refractivity contribution in [3.63, 3.8) is 0 Å². The molecule has 0 spiro atoms. The Bertz CT molecular complexity index is 542. The normalized spacial score (nSPS) is 16.3. The lowest BCUT2D eigenvalue weighted by atomic mass is 10.0. The van der Waals surface area contributed by atoms with Crippen LogP contribution in [0, 0.1) is 0 Å². The number of aliphatic carboxylic acids is 1. The first-order valence-corrected chi connectivity index (χ1v) is 6.20. The van der Waals surface area contributed by atoms with E-state index < -0.39 is 17.4 Å². The van der Waals surface area contributed by atoms with Crippen molar-refractivity contribution >= 4 is 11.9 Å². The molecule has 0 aliphatic carbocycles. The van der Waals surface area contributed by atoms with E-state index in [-0.39, 0.29) is 6.61 Å². The molecule has 0 aromatic heterocycles. The van der Waals surface area contributed by atoms with E-state index in [0.717, 1.165) is 11.1 Å². The fourth-order valence-electron chi connectivity index (χ4n) is 2.08. The summed E-state index contributed by atoms with van der Waals surface area (Å²) in [5.74, 6) is -1.58. The molecule has 1 amide bonds. The molecule has 1 aliphatic rings. The lowest BCUT2D eigenvalue weighted by molar-refractivity contribution is -0.145. The number of hydrogen-bond donors (Lipinski definition) is 2. The number of carboxylic acid groups (broad SMARTS) is 1. The van der Waals surface area contributed by atoms with Gasteiger partial charge in [-0.1, -0.05) is 6.07 Å². The fourth-order valence-corrected chi connectivity index (χ4v) is 2.08. The predicted molar refractivity (Wildman–Crippen MR) is 70.3 cm³/mol. The molecular weight excluding hydrogens is 262 g/mol. The Labute approximate surface area is 116 Å². The Kier molecular flexibility index (Phi) is 4.06. The topological polar surface area (TPSA) is 84.9 Å². The van der Waals surface area contributed by atoms with Gasteiger partial charge in [-0.2, -0.15) is 0 Å². The van der Waals surface area contributed by atoms with Crippen molar-refractivity contribution in [2.75, 3.05) is 13.7 Å². The summed E-state index contributed by atoms with van der Waals surface area (Å²) in [5, 5.41) is 11.7. The number of fused-ring (bicyclic) bond motifs is 1. The maximum Gasteiger partial charge on any atom is 0.331 e. The van der Waals surface area contributed by atoms with Crippen LogP contribution in [0.2, 0.25) is 0 Å². The minimum atomic E-state index is -1.46. The van der Waals surface area contributed by atoms with Gasteiger partial charge >= 0.3 is 5.97 Å². The summed E-state index contributed by atoms with van der Waals surface area (Å²) < 4.78 is 10.1. The van der Waals surface area contributed by atoms with Crippen LogP contribution < -0.4 is 5.32 Å². The number of benzene rings is 1. The number of ether oxygens (including phenoxy) is 2. The molecule has 1 aromatic carbocycles. The summed E-state index contributed by atoms with van der Waals surface area (Å²) in [4.78, 5) is 23.4. The summed E-state index contributed by atoms with van der Waals surface area (Å²) in [5.41, 5.74) is 0.972. The second kappa shape index (κ2) is 5.60. The molecule has 1 unspecified atom stereocenters. The van der Waals surface area contributed by atoms with E-state index in [1.54, 1.807) is 12.1 Å². The van der Waals surface area contributed by atoms with Crippen LogP contribution >= 0.6 is 0 Å². The Morgan fingerprint density at radius 2 is 2.10 bits per heavy atom. The van der Waals surface area contributed by atoms with Crippen LogP contribution in [0.1, 0.15) is 28.4 Å². The van der Waals surface area contributed by atoms with E-state index in [0.29, 0.717) is 18.8 Å². The lowest BCUT2D eigenvalue weighted by Crippen LogP contribution is -2.55. The van der Waals surface area contributed by atoms with Gasteiger partial charge in [0.2, 0.25) is 0 Å². The van der Waals surface area contributed by atoms with E-state index in [4.69, 9.17) is 9.47 Å². The van der Waals surface area contributed by atoms with E-state index in [1.807, 2.05) is 6.07 Å². The lowest BCUT2D eigenvalue weighted by Gasteiger charge is -2.25. The molecule has 1 aromatic rings. The van der Waals surface area contributed by atoms with Crippen LogP contribution in [0.5, 0.6) is 0 Å². The molecule has 20 heavy (non-hydrogen) atoms. The number of amides is 1. The molecule has 108 valence electrons. The van der Waals surface area contributed by atoms with Crippen molar-refractivity contribution in [3.8, 4) is 0 Å². The number of carboxylic acids is 1. The third-order valence-electron chi connectivity index (χ3n) is 3.28. The second-order valence-corrected chi connectivity index (χ2v) is 5.00. The first-order valence-electron chi connectivity index (χ1n) is 6.20. The highest BCUT2D eigenvalue weighted by atomic mass is 16.5. The average Bonchev–Trinajstić information content (AvgIpc) is 2.85. The van der Waals surface area contributed by atoms with Gasteiger partial charge in [0.05, 0.1) is 19.8 Å². The van der Waals surface area contributed by atoms with Crippen LogP contribution in [0.3, 0.4) is 0 Å². The van der Waals surface area contributed by atoms with Crippen LogP contribution in [0.4, 0.5) is 0 Å². The van der Waals surface area contributed by atoms with Crippen molar-refractivity contribution in [1.82, 2.24) is 5.32 Å². The first-order chi connectivity index (χ1) is 9.46. The van der Waals surface area contributed by atoms with Gasteiger partial charge in [-0.3, -0.25) is 4.79 Å². The molecular formula is C14H17NO5. The SMILES string of the molecule is COCC(C)(NC(=O)c1ccc2c(c1)COC2)C(=O)O. The molecule has 0 saturated heterocycles. The van der Waals surface area contributed by atoms with E-state index >= 15 is 0 Å². The van der Waals surface area contributed by atoms with Gasteiger partial charge in [-0.05, 0) is 30.2 Å². The van der Waals surface area contributed by atoms with Gasteiger partial charge in [0, 0.05) is 12.7 Å². The maximum absolute atomic E-state index is 12.2. The fraction of sp³-hybridized carbons (Fsp3) is 0.429. The van der Waals surface area contributed by atoms with E-state index in [1.165, 1.54) is 14.0 Å². The Hall–Kier alpha value is -1.92. The molecule has 0 bridgehead atoms. The average molecular weight is 279 g/mol. The molecule has 0 saturated carbocycles. The molecule has 6 heteroatoms. The van der Waals surface area contributed by atoms with Crippen molar-refractivity contribution in [2.24, 2.45) is 0 Å². The zero-order valence-electron chi connectivity index (χ0n) is 11.4. The number of carbonyl (C=O) groups is 2. The van der Waals surface area contributed by atoms with Crippen LogP contribution in [0.15, 0.2) is 18.2 Å². The largest absolute Gasteiger partial charge is 0.479 e. The quantitative estimate of drug-likeness (QED) is 0.837. The molecule has 2 rings (SSSR count). The van der Waals surface area contributed by atoms with Crippen molar-refractivity contribution in [1.29, 1.82) is 0 Å². The molecule has 2 N–H and O–H groups in total. The summed E-state index contributed by atoms with van der Waals surface area (Å²) >= 11 is 0. The van der Waals surface area contributed by atoms with Gasteiger partial charge in [0.1, 0.15) is 0 Å². The molecule has 1 heterocycles. The molecule has 0 radical (unpaired) electrons. The van der Waals surface area contributed by atoms with Crippen LogP contribution in [0.25, 0.3) is 0 Å². The van der Waals surface area contributed by atoms with Crippen molar-refractivity contribution in [2.45, 2.75) is 25.7 Å². The maximum atomic E-state index is 12.2. The minimum absolute atomic E-state index is 0.109. The van der Waals surface area contributed by atoms with E-state index in [2.05, 4.69) is 5.32 Å². The zero-order valence-corrected chi connectivity index (χ0v) is 11.4. The number of nitrogens with one attached hydrogen (secondary N) is 1. The Morgan fingerprint density at radius 3 is 2.75 bits per heavy atom. The number of rotatable bonds is 5. The Morgan fingerprint density at radius 1 is 1.40 bits per heavy atom. The Balaban J connectivity index is 2.17. The summed E-state index contributed by atoms with van der Waals surface area (Å²) in [6.45, 7) is 2.33. The van der Waals surface area contributed by atoms with Crippen LogP contribution in [-0.4, -0.2) is 36.2 Å². The van der Waals surface area contributed by atoms with Crippen molar-refractivity contribution < 1.29 is 24.2 Å². The van der Waals surface area contributed by atoms with Crippen LogP contribution in [-0.2, 0) is 27.5 Å². The highest BCUT2D eigenvalue weighted by Crippen LogP contribution is 2.21. The first kappa shape index (κ1) is 14.5. The smallest absolute Gasteiger partial charge is 0.331 e. The minimum Gasteiger partial charge on any atom is -0.479 e. The number of hydrogen-bond acceptors (Lipinski definition) is 4. The van der Waals surface area contributed by atoms with E-state index in [9.17, 15) is 14.7 Å². The third-order valence-corrected chi connectivity index (χ3v) is 3.28. The van der Waals surface area contributed by atoms with Gasteiger partial charge < -0.3 is 19.9 Å². The third kappa shape index (κ3) is 2.81. The highest BCUT2D eigenvalue weighted by molar-refractivity contribution is 5.98. The second-order valence-electron chi connectivity index (χ2n) is 5.00. The monoisotopic (exact) mass is 279 g/mol. The summed E-state index contributed by atoms with van der Waals surface area (Å²) in [6, 6.07) is 5.22. The summed E-state index contributed by atoms with van der Waals surface area (Å²) in [7, 11) is 1.39. The van der Waals surface area contributed by atoms with Gasteiger partial charge in [0.15, 0.2) is 5.54 Å². The van der Waals surface area contributed by atoms with Gasteiger partial charge in [-0.15, -0.1) is 0 Å². The molecule has 0 fully saturated rings. The predicted octanol–water partition coefficient (Wildman–Crippen LogP) is 0.936. The zero-order chi connectivity index (χ0) is 14.8. The molecule has 1 aliphatic heterocycles. The van der Waals surface area contributed by atoms with Gasteiger partial charge in [-0.25, -0.2) is 4.79 Å². The van der Waals surface area contributed by atoms with Gasteiger partial charge in [0.25, 0.3) is 5.91 Å². The van der Waals surface area contributed by atoms with Crippen molar-refractivity contribution in [3.05, 3.63) is 34.9 Å². The highest BCUT2D eigenvalue weighted by Gasteiger charge is 2.35. The standard InChI is InChI=1S/C14H17NO5/c1-14(8-19-2,13(17)18)15-12(16)9-3-4-10-6-20-7-11(10)5-9/h3-5H,6-8H2,1-2H3,(H,15,16)(H,17,18). The summed E-state index contributed by atoms with van der Waals surface area (Å²) in [6.07, 6.45) is 0.